The van der Waals surface area contributed by atoms with Crippen LogP contribution < -0.4 is 5.32 Å². The zero-order valence-electron chi connectivity index (χ0n) is 13.3. The third kappa shape index (κ3) is 6.76. The van der Waals surface area contributed by atoms with Crippen LogP contribution in [0.15, 0.2) is 0 Å². The van der Waals surface area contributed by atoms with Gasteiger partial charge in [-0.3, -0.25) is 0 Å². The molecule has 0 amide bonds. The Balaban J connectivity index is 2.28. The van der Waals surface area contributed by atoms with Gasteiger partial charge >= 0.3 is 0 Å². The first-order chi connectivity index (χ1) is 9.17. The smallest absolute Gasteiger partial charge is 0.0434 e. The van der Waals surface area contributed by atoms with Crippen molar-refractivity contribution in [3.8, 4) is 0 Å². The highest BCUT2D eigenvalue weighted by Gasteiger charge is 2.21. The summed E-state index contributed by atoms with van der Waals surface area (Å²) in [6.07, 6.45) is 10.3. The molecule has 0 aromatic rings. The van der Waals surface area contributed by atoms with Gasteiger partial charge in [0.15, 0.2) is 0 Å². The third-order valence-corrected chi connectivity index (χ3v) is 4.89. The van der Waals surface area contributed by atoms with Gasteiger partial charge in [-0.25, -0.2) is 0 Å². The van der Waals surface area contributed by atoms with Crippen LogP contribution in [-0.2, 0) is 0 Å². The van der Waals surface area contributed by atoms with Gasteiger partial charge in [-0.05, 0) is 56.4 Å². The summed E-state index contributed by atoms with van der Waals surface area (Å²) >= 11 is 0. The quantitative estimate of drug-likeness (QED) is 0.653. The Hall–Kier alpha value is -0.0800. The average Bonchev–Trinajstić information content (AvgIpc) is 2.62. The predicted octanol–water partition coefficient (Wildman–Crippen LogP) is 3.98. The monoisotopic (exact) mass is 269 g/mol. The first kappa shape index (κ1) is 17.0. The average molecular weight is 269 g/mol. The molecule has 19 heavy (non-hydrogen) atoms. The second-order valence-corrected chi connectivity index (χ2v) is 6.78. The minimum atomic E-state index is 0.340. The Labute approximate surface area is 120 Å². The fourth-order valence-electron chi connectivity index (χ4n) is 3.47. The van der Waals surface area contributed by atoms with Crippen molar-refractivity contribution in [3.05, 3.63) is 0 Å². The Morgan fingerprint density at radius 3 is 2.53 bits per heavy atom. The molecule has 1 saturated carbocycles. The molecule has 0 aliphatic heterocycles. The van der Waals surface area contributed by atoms with E-state index in [-0.39, 0.29) is 0 Å². The zero-order chi connectivity index (χ0) is 14.1. The maximum Gasteiger partial charge on any atom is 0.0434 e. The molecular formula is C17H35NO. The Kier molecular flexibility index (Phi) is 8.72. The predicted molar refractivity (Wildman–Crippen MR) is 83.3 cm³/mol. The summed E-state index contributed by atoms with van der Waals surface area (Å²) in [6.45, 7) is 8.43. The van der Waals surface area contributed by atoms with E-state index < -0.39 is 0 Å². The topological polar surface area (TPSA) is 32.3 Å². The van der Waals surface area contributed by atoms with Gasteiger partial charge in [0.05, 0.1) is 0 Å². The minimum Gasteiger partial charge on any atom is -0.396 e. The third-order valence-electron chi connectivity index (χ3n) is 4.89. The van der Waals surface area contributed by atoms with Crippen LogP contribution in [0.2, 0.25) is 0 Å². The molecule has 1 aliphatic carbocycles. The molecular weight excluding hydrogens is 234 g/mol. The van der Waals surface area contributed by atoms with Crippen molar-refractivity contribution in [2.24, 2.45) is 17.8 Å². The summed E-state index contributed by atoms with van der Waals surface area (Å²) in [6, 6.07) is 0.724. The van der Waals surface area contributed by atoms with Crippen LogP contribution in [0.1, 0.15) is 72.1 Å². The van der Waals surface area contributed by atoms with E-state index in [1.54, 1.807) is 0 Å². The fourth-order valence-corrected chi connectivity index (χ4v) is 3.47. The Morgan fingerprint density at radius 1 is 1.11 bits per heavy atom. The van der Waals surface area contributed by atoms with Crippen molar-refractivity contribution in [1.82, 2.24) is 5.32 Å². The SMILES string of the molecule is CCCC(CCO)CNC1CCCC(C(C)C)CC1. The molecule has 3 atom stereocenters. The van der Waals surface area contributed by atoms with Gasteiger partial charge in [0.1, 0.15) is 0 Å². The second kappa shape index (κ2) is 9.77. The number of aliphatic hydroxyl groups is 1. The van der Waals surface area contributed by atoms with Crippen LogP contribution in [0.3, 0.4) is 0 Å². The number of nitrogens with one attached hydrogen (secondary N) is 1. The highest BCUT2D eigenvalue weighted by atomic mass is 16.3. The van der Waals surface area contributed by atoms with E-state index in [2.05, 4.69) is 26.1 Å². The first-order valence-corrected chi connectivity index (χ1v) is 8.51. The van der Waals surface area contributed by atoms with E-state index in [1.807, 2.05) is 0 Å². The molecule has 1 rings (SSSR count). The van der Waals surface area contributed by atoms with E-state index in [1.165, 1.54) is 44.9 Å². The molecule has 0 spiro atoms. The lowest BCUT2D eigenvalue weighted by Crippen LogP contribution is -2.33. The first-order valence-electron chi connectivity index (χ1n) is 8.51. The van der Waals surface area contributed by atoms with Crippen LogP contribution in [0, 0.1) is 17.8 Å². The van der Waals surface area contributed by atoms with Crippen LogP contribution in [0.5, 0.6) is 0 Å². The Morgan fingerprint density at radius 2 is 1.89 bits per heavy atom. The van der Waals surface area contributed by atoms with Gasteiger partial charge in [0, 0.05) is 12.6 Å². The normalized spacial score (nSPS) is 26.4. The summed E-state index contributed by atoms with van der Waals surface area (Å²) in [5, 5.41) is 12.9. The largest absolute Gasteiger partial charge is 0.396 e. The molecule has 0 aromatic carbocycles. The molecule has 2 N–H and O–H groups in total. The molecule has 0 aromatic heterocycles. The van der Waals surface area contributed by atoms with E-state index in [9.17, 15) is 0 Å². The van der Waals surface area contributed by atoms with Crippen LogP contribution >= 0.6 is 0 Å². The standard InChI is InChI=1S/C17H35NO/c1-4-6-15(11-12-19)13-18-17-8-5-7-16(9-10-17)14(2)3/h14-19H,4-13H2,1-3H3. The van der Waals surface area contributed by atoms with Crippen molar-refractivity contribution in [2.45, 2.75) is 78.2 Å². The fraction of sp³-hybridized carbons (Fsp3) is 1.00. The molecule has 1 aliphatic rings. The van der Waals surface area contributed by atoms with Crippen molar-refractivity contribution < 1.29 is 5.11 Å². The van der Waals surface area contributed by atoms with E-state index >= 15 is 0 Å². The summed E-state index contributed by atoms with van der Waals surface area (Å²) in [4.78, 5) is 0. The van der Waals surface area contributed by atoms with Gasteiger partial charge in [0.25, 0.3) is 0 Å². The van der Waals surface area contributed by atoms with E-state index in [0.29, 0.717) is 12.5 Å². The molecule has 2 nitrogen and oxygen atoms in total. The van der Waals surface area contributed by atoms with Crippen molar-refractivity contribution in [2.75, 3.05) is 13.2 Å². The van der Waals surface area contributed by atoms with Crippen LogP contribution in [-0.4, -0.2) is 24.3 Å². The molecule has 114 valence electrons. The molecule has 2 heteroatoms. The molecule has 0 saturated heterocycles. The highest BCUT2D eigenvalue weighted by Crippen LogP contribution is 2.28. The van der Waals surface area contributed by atoms with Gasteiger partial charge < -0.3 is 10.4 Å². The maximum atomic E-state index is 9.11. The lowest BCUT2D eigenvalue weighted by Gasteiger charge is -2.22. The highest BCUT2D eigenvalue weighted by molar-refractivity contribution is 4.77. The maximum absolute atomic E-state index is 9.11. The second-order valence-electron chi connectivity index (χ2n) is 6.78. The molecule has 0 heterocycles. The van der Waals surface area contributed by atoms with E-state index in [4.69, 9.17) is 5.11 Å². The van der Waals surface area contributed by atoms with Crippen LogP contribution in [0.25, 0.3) is 0 Å². The van der Waals surface area contributed by atoms with Crippen molar-refractivity contribution in [1.29, 1.82) is 0 Å². The van der Waals surface area contributed by atoms with Gasteiger partial charge in [-0.15, -0.1) is 0 Å². The van der Waals surface area contributed by atoms with Gasteiger partial charge in [0.2, 0.25) is 0 Å². The molecule has 1 fully saturated rings. The van der Waals surface area contributed by atoms with Crippen molar-refractivity contribution in [3.63, 3.8) is 0 Å². The van der Waals surface area contributed by atoms with Gasteiger partial charge in [-0.1, -0.05) is 40.0 Å². The number of hydrogen-bond donors (Lipinski definition) is 2. The van der Waals surface area contributed by atoms with Crippen LogP contribution in [0.4, 0.5) is 0 Å². The summed E-state index contributed by atoms with van der Waals surface area (Å²) < 4.78 is 0. The summed E-state index contributed by atoms with van der Waals surface area (Å²) in [7, 11) is 0. The Bertz CT molecular complexity index is 211. The summed E-state index contributed by atoms with van der Waals surface area (Å²) in [5.41, 5.74) is 0. The number of aliphatic hydroxyl groups excluding tert-OH is 1. The lowest BCUT2D eigenvalue weighted by atomic mass is 9.89. The number of hydrogen-bond acceptors (Lipinski definition) is 2. The molecule has 0 bridgehead atoms. The van der Waals surface area contributed by atoms with E-state index in [0.717, 1.165) is 30.8 Å². The van der Waals surface area contributed by atoms with Gasteiger partial charge in [-0.2, -0.15) is 0 Å². The lowest BCUT2D eigenvalue weighted by molar-refractivity contribution is 0.243. The molecule has 3 unspecified atom stereocenters. The number of rotatable bonds is 8. The summed E-state index contributed by atoms with van der Waals surface area (Å²) in [5.74, 6) is 2.45. The minimum absolute atomic E-state index is 0.340. The zero-order valence-corrected chi connectivity index (χ0v) is 13.3. The molecule has 0 radical (unpaired) electrons. The van der Waals surface area contributed by atoms with Crippen molar-refractivity contribution >= 4 is 0 Å².